The monoisotopic (exact) mass is 512 g/mol. The molecule has 0 aliphatic carbocycles. The Morgan fingerprint density at radius 3 is 2.59 bits per heavy atom. The molecule has 9 nitrogen and oxygen atoms in total. The first-order chi connectivity index (χ1) is 17.6. The first-order valence-corrected chi connectivity index (χ1v) is 10.6. The lowest BCUT2D eigenvalue weighted by molar-refractivity contribution is -0.137. The molecule has 5 rings (SSSR count). The smallest absolute Gasteiger partial charge is 0.416 e. The molecule has 0 radical (unpaired) electrons. The topological polar surface area (TPSA) is 118 Å². The van der Waals surface area contributed by atoms with E-state index in [0.29, 0.717) is 40.4 Å². The van der Waals surface area contributed by atoms with Crippen molar-refractivity contribution in [3.05, 3.63) is 78.0 Å². The number of aromatic amines is 1. The van der Waals surface area contributed by atoms with E-state index in [9.17, 15) is 22.4 Å². The fraction of sp³-hybridized carbons (Fsp3) is 0.0833. The van der Waals surface area contributed by atoms with Gasteiger partial charge in [-0.3, -0.25) is 4.98 Å². The zero-order valence-electron chi connectivity index (χ0n) is 18.8. The van der Waals surface area contributed by atoms with Gasteiger partial charge in [-0.15, -0.1) is 0 Å². The molecule has 0 saturated carbocycles. The second-order valence-electron chi connectivity index (χ2n) is 7.89. The number of H-pyrrole nitrogens is 1. The molecule has 37 heavy (non-hydrogen) atoms. The van der Waals surface area contributed by atoms with E-state index in [-0.39, 0.29) is 23.2 Å². The van der Waals surface area contributed by atoms with Crippen LogP contribution in [0.3, 0.4) is 0 Å². The minimum Gasteiger partial charge on any atom is -0.477 e. The first-order valence-electron chi connectivity index (χ1n) is 10.6. The number of nitrogens with zero attached hydrogens (tertiary/aromatic N) is 4. The predicted molar refractivity (Wildman–Crippen MR) is 124 cm³/mol. The van der Waals surface area contributed by atoms with Crippen molar-refractivity contribution in [3.63, 3.8) is 0 Å². The van der Waals surface area contributed by atoms with Gasteiger partial charge in [0.05, 0.1) is 28.5 Å². The van der Waals surface area contributed by atoms with Crippen LogP contribution in [0, 0.1) is 5.82 Å². The van der Waals surface area contributed by atoms with Gasteiger partial charge in [-0.05, 0) is 36.4 Å². The number of benzene rings is 2. The van der Waals surface area contributed by atoms with Crippen LogP contribution in [0.2, 0.25) is 0 Å². The summed E-state index contributed by atoms with van der Waals surface area (Å²) >= 11 is 0. The van der Waals surface area contributed by atoms with E-state index >= 15 is 0 Å². The number of anilines is 2. The molecule has 0 amide bonds. The van der Waals surface area contributed by atoms with Crippen LogP contribution in [-0.2, 0) is 13.2 Å². The van der Waals surface area contributed by atoms with Crippen molar-refractivity contribution in [1.82, 2.24) is 24.5 Å². The third kappa shape index (κ3) is 4.78. The number of carbonyl (C=O) groups is 1. The molecular formula is C24H16F4N6O3. The maximum atomic E-state index is 14.2. The Kier molecular flexibility index (Phi) is 5.74. The minimum absolute atomic E-state index is 0.0850. The predicted octanol–water partition coefficient (Wildman–Crippen LogP) is 5.75. The Labute approximate surface area is 205 Å². The van der Waals surface area contributed by atoms with Crippen molar-refractivity contribution in [2.45, 2.75) is 6.18 Å². The third-order valence-electron chi connectivity index (χ3n) is 5.41. The van der Waals surface area contributed by atoms with Crippen molar-refractivity contribution in [2.24, 2.45) is 7.05 Å². The second-order valence-corrected chi connectivity index (χ2v) is 7.89. The lowest BCUT2D eigenvalue weighted by Crippen LogP contribution is -2.07. The SMILES string of the molecule is Cn1c(Nc2cc(C(F)(F)F)ccc2F)nc2cc(Oc3ccnc(-c4ncc(C(=O)O)[nH]4)c3)ccc21. The van der Waals surface area contributed by atoms with Crippen LogP contribution in [0.15, 0.2) is 60.9 Å². The van der Waals surface area contributed by atoms with Gasteiger partial charge in [0, 0.05) is 25.4 Å². The van der Waals surface area contributed by atoms with Crippen LogP contribution >= 0.6 is 0 Å². The highest BCUT2D eigenvalue weighted by atomic mass is 19.4. The number of aryl methyl sites for hydroxylation is 1. The van der Waals surface area contributed by atoms with E-state index in [2.05, 4.69) is 25.3 Å². The summed E-state index contributed by atoms with van der Waals surface area (Å²) < 4.78 is 60.8. The summed E-state index contributed by atoms with van der Waals surface area (Å²) in [6.07, 6.45) is -1.97. The van der Waals surface area contributed by atoms with Gasteiger partial charge in [-0.1, -0.05) is 0 Å². The number of fused-ring (bicyclic) bond motifs is 1. The molecule has 3 N–H and O–H groups in total. The standard InChI is InChI=1S/C24H16F4N6O3/c1-34-20-5-3-13(37-14-6-7-29-18(10-14)21-30-11-19(31-21)22(35)36)9-17(20)33-23(34)32-16-8-12(24(26,27)28)2-4-15(16)25/h2-11H,1H3,(H,30,31)(H,32,33)(H,35,36). The Morgan fingerprint density at radius 1 is 1.08 bits per heavy atom. The number of halogens is 4. The highest BCUT2D eigenvalue weighted by molar-refractivity contribution is 5.85. The van der Waals surface area contributed by atoms with Crippen molar-refractivity contribution >= 4 is 28.6 Å². The lowest BCUT2D eigenvalue weighted by atomic mass is 10.2. The van der Waals surface area contributed by atoms with Gasteiger partial charge >= 0.3 is 12.1 Å². The van der Waals surface area contributed by atoms with Gasteiger partial charge in [0.2, 0.25) is 5.95 Å². The molecule has 2 aromatic carbocycles. The van der Waals surface area contributed by atoms with Crippen LogP contribution in [-0.4, -0.2) is 35.6 Å². The summed E-state index contributed by atoms with van der Waals surface area (Å²) in [5.41, 5.74) is -0.0123. The number of nitrogens with one attached hydrogen (secondary N) is 2. The minimum atomic E-state index is -4.62. The summed E-state index contributed by atoms with van der Waals surface area (Å²) in [5.74, 6) is -0.851. The molecule has 0 fully saturated rings. The van der Waals surface area contributed by atoms with Crippen LogP contribution in [0.1, 0.15) is 16.1 Å². The number of alkyl halides is 3. The Balaban J connectivity index is 1.40. The first kappa shape index (κ1) is 23.8. The summed E-state index contributed by atoms with van der Waals surface area (Å²) in [7, 11) is 1.63. The van der Waals surface area contributed by atoms with Crippen molar-refractivity contribution in [1.29, 1.82) is 0 Å². The molecule has 188 valence electrons. The fourth-order valence-electron chi connectivity index (χ4n) is 3.57. The van der Waals surface area contributed by atoms with Crippen molar-refractivity contribution in [2.75, 3.05) is 5.32 Å². The third-order valence-corrected chi connectivity index (χ3v) is 5.41. The van der Waals surface area contributed by atoms with Crippen LogP contribution in [0.4, 0.5) is 29.2 Å². The van der Waals surface area contributed by atoms with E-state index in [0.717, 1.165) is 6.07 Å². The highest BCUT2D eigenvalue weighted by Gasteiger charge is 2.31. The number of hydrogen-bond donors (Lipinski definition) is 3. The number of ether oxygens (including phenoxy) is 1. The molecule has 0 saturated heterocycles. The Morgan fingerprint density at radius 2 is 1.86 bits per heavy atom. The van der Waals surface area contributed by atoms with E-state index < -0.39 is 23.5 Å². The number of carboxylic acid groups (broad SMARTS) is 1. The van der Waals surface area contributed by atoms with E-state index in [1.165, 1.54) is 12.4 Å². The molecule has 0 unspecified atom stereocenters. The van der Waals surface area contributed by atoms with Crippen molar-refractivity contribution < 1.29 is 32.2 Å². The summed E-state index contributed by atoms with van der Waals surface area (Å²) in [6.45, 7) is 0. The molecule has 0 spiro atoms. The highest BCUT2D eigenvalue weighted by Crippen LogP contribution is 2.34. The average Bonchev–Trinajstić information content (AvgIpc) is 3.46. The summed E-state index contributed by atoms with van der Waals surface area (Å²) in [6, 6.07) is 10.2. The fourth-order valence-corrected chi connectivity index (χ4v) is 3.57. The molecule has 0 bridgehead atoms. The van der Waals surface area contributed by atoms with Gasteiger partial charge in [0.15, 0.2) is 5.82 Å². The molecule has 5 aromatic rings. The summed E-state index contributed by atoms with van der Waals surface area (Å²) in [4.78, 5) is 26.3. The largest absolute Gasteiger partial charge is 0.477 e. The van der Waals surface area contributed by atoms with E-state index in [4.69, 9.17) is 9.84 Å². The number of imidazole rings is 2. The van der Waals surface area contributed by atoms with Gasteiger partial charge < -0.3 is 24.7 Å². The lowest BCUT2D eigenvalue weighted by Gasteiger charge is -2.11. The van der Waals surface area contributed by atoms with Crippen molar-refractivity contribution in [3.8, 4) is 23.0 Å². The zero-order chi connectivity index (χ0) is 26.3. The maximum absolute atomic E-state index is 14.2. The van der Waals surface area contributed by atoms with Crippen LogP contribution < -0.4 is 10.1 Å². The molecule has 0 aliphatic heterocycles. The number of carboxylic acids is 1. The van der Waals surface area contributed by atoms with E-state index in [1.807, 2.05) is 0 Å². The molecule has 0 aliphatic rings. The molecule has 3 heterocycles. The Hall–Kier alpha value is -4.94. The van der Waals surface area contributed by atoms with Crippen LogP contribution in [0.5, 0.6) is 11.5 Å². The average molecular weight is 512 g/mol. The summed E-state index contributed by atoms with van der Waals surface area (Å²) in [5, 5.41) is 11.7. The van der Waals surface area contributed by atoms with Gasteiger partial charge in [0.25, 0.3) is 0 Å². The van der Waals surface area contributed by atoms with E-state index in [1.54, 1.807) is 41.9 Å². The Bertz CT molecular complexity index is 1640. The van der Waals surface area contributed by atoms with Gasteiger partial charge in [-0.2, -0.15) is 13.2 Å². The maximum Gasteiger partial charge on any atom is 0.416 e. The molecule has 3 aromatic heterocycles. The molecular weight excluding hydrogens is 496 g/mol. The number of aromatic nitrogens is 5. The zero-order valence-corrected chi connectivity index (χ0v) is 18.8. The number of rotatable bonds is 6. The second kappa shape index (κ2) is 8.93. The van der Waals surface area contributed by atoms with Gasteiger partial charge in [0.1, 0.15) is 28.7 Å². The normalized spacial score (nSPS) is 11.6. The van der Waals surface area contributed by atoms with Gasteiger partial charge in [-0.25, -0.2) is 19.2 Å². The quantitative estimate of drug-likeness (QED) is 0.248. The molecule has 0 atom stereocenters. The van der Waals surface area contributed by atoms with Crippen LogP contribution in [0.25, 0.3) is 22.6 Å². The molecule has 13 heteroatoms. The number of aromatic carboxylic acids is 1. The number of pyridine rings is 1. The number of hydrogen-bond acceptors (Lipinski definition) is 6.